The van der Waals surface area contributed by atoms with Crippen LogP contribution in [0.3, 0.4) is 0 Å². The van der Waals surface area contributed by atoms with Gasteiger partial charge in [-0.25, -0.2) is 0 Å². The maximum atomic E-state index is 3.72. The highest BCUT2D eigenvalue weighted by Gasteiger charge is 2.30. The molecule has 1 N–H and O–H groups in total. The number of hydrogen-bond acceptors (Lipinski definition) is 2. The maximum Gasteiger partial charge on any atom is 0.0454 e. The Bertz CT molecular complexity index is 344. The molecule has 1 unspecified atom stereocenters. The van der Waals surface area contributed by atoms with Gasteiger partial charge in [-0.3, -0.25) is 0 Å². The molecule has 0 aromatic carbocycles. The summed E-state index contributed by atoms with van der Waals surface area (Å²) in [5.74, 6) is 0.862. The average Bonchev–Trinajstić information content (AvgIpc) is 2.49. The van der Waals surface area contributed by atoms with Crippen molar-refractivity contribution in [1.29, 1.82) is 0 Å². The summed E-state index contributed by atoms with van der Waals surface area (Å²) in [7, 11) is 0. The molecule has 0 amide bonds. The lowest BCUT2D eigenvalue weighted by Crippen LogP contribution is -2.32. The topological polar surface area (TPSA) is 12.0 Å². The molecule has 0 aliphatic heterocycles. The lowest BCUT2D eigenvalue weighted by molar-refractivity contribution is 0.233. The summed E-state index contributed by atoms with van der Waals surface area (Å²) in [6, 6.07) is 2.83. The van der Waals surface area contributed by atoms with Crippen LogP contribution >= 0.6 is 27.3 Å². The van der Waals surface area contributed by atoms with Gasteiger partial charge in [-0.15, -0.1) is 11.3 Å². The SMILES string of the molecule is CCCNC(c1sc(C)cc1Br)C1CCC1. The predicted molar refractivity (Wildman–Crippen MR) is 75.1 cm³/mol. The van der Waals surface area contributed by atoms with Crippen LogP contribution in [0.15, 0.2) is 10.5 Å². The normalized spacial score (nSPS) is 18.4. The average molecular weight is 302 g/mol. The van der Waals surface area contributed by atoms with E-state index in [2.05, 4.69) is 41.2 Å². The second-order valence-corrected chi connectivity index (χ2v) is 6.83. The standard InChI is InChI=1S/C13H20BrNS/c1-3-7-15-12(10-5-4-6-10)13-11(14)8-9(2)16-13/h8,10,12,15H,3-7H2,1-2H3. The van der Waals surface area contributed by atoms with E-state index in [0.717, 1.165) is 12.5 Å². The molecule has 2 rings (SSSR count). The van der Waals surface area contributed by atoms with Crippen LogP contribution < -0.4 is 5.32 Å². The van der Waals surface area contributed by atoms with Gasteiger partial charge in [-0.1, -0.05) is 13.3 Å². The van der Waals surface area contributed by atoms with E-state index in [9.17, 15) is 0 Å². The van der Waals surface area contributed by atoms with E-state index in [1.807, 2.05) is 11.3 Å². The number of aryl methyl sites for hydroxylation is 1. The molecular weight excluding hydrogens is 282 g/mol. The van der Waals surface area contributed by atoms with Crippen LogP contribution in [0.5, 0.6) is 0 Å². The smallest absolute Gasteiger partial charge is 0.0454 e. The molecule has 1 atom stereocenters. The zero-order valence-electron chi connectivity index (χ0n) is 10.1. The molecule has 0 saturated heterocycles. The fourth-order valence-corrected chi connectivity index (χ4v) is 4.33. The number of hydrogen-bond donors (Lipinski definition) is 1. The van der Waals surface area contributed by atoms with Crippen LogP contribution in [-0.2, 0) is 0 Å². The fourth-order valence-electron chi connectivity index (χ4n) is 2.26. The first-order valence-electron chi connectivity index (χ1n) is 6.21. The quantitative estimate of drug-likeness (QED) is 0.834. The summed E-state index contributed by atoms with van der Waals surface area (Å²) in [5, 5.41) is 3.72. The van der Waals surface area contributed by atoms with Crippen molar-refractivity contribution in [2.45, 2.75) is 45.6 Å². The largest absolute Gasteiger partial charge is 0.309 e. The van der Waals surface area contributed by atoms with Crippen molar-refractivity contribution in [1.82, 2.24) is 5.32 Å². The Balaban J connectivity index is 2.13. The van der Waals surface area contributed by atoms with Crippen LogP contribution in [0.1, 0.15) is 48.4 Å². The van der Waals surface area contributed by atoms with Crippen LogP contribution in [0.2, 0.25) is 0 Å². The van der Waals surface area contributed by atoms with E-state index >= 15 is 0 Å². The van der Waals surface area contributed by atoms with Gasteiger partial charge in [0.2, 0.25) is 0 Å². The molecule has 1 aromatic rings. The molecule has 1 heterocycles. The molecule has 1 saturated carbocycles. The minimum atomic E-state index is 0.585. The van der Waals surface area contributed by atoms with Crippen LogP contribution in [0, 0.1) is 12.8 Å². The van der Waals surface area contributed by atoms with Crippen molar-refractivity contribution in [2.75, 3.05) is 6.54 Å². The van der Waals surface area contributed by atoms with E-state index in [-0.39, 0.29) is 0 Å². The molecule has 1 aromatic heterocycles. The number of nitrogens with one attached hydrogen (secondary N) is 1. The number of rotatable bonds is 5. The Morgan fingerprint density at radius 3 is 2.75 bits per heavy atom. The molecule has 3 heteroatoms. The highest BCUT2D eigenvalue weighted by atomic mass is 79.9. The molecule has 16 heavy (non-hydrogen) atoms. The van der Waals surface area contributed by atoms with Crippen molar-refractivity contribution in [2.24, 2.45) is 5.92 Å². The van der Waals surface area contributed by atoms with Crippen LogP contribution in [0.4, 0.5) is 0 Å². The predicted octanol–water partition coefficient (Wildman–Crippen LogP) is 4.66. The molecule has 0 bridgehead atoms. The Kier molecular flexibility index (Phi) is 4.45. The van der Waals surface area contributed by atoms with Crippen molar-refractivity contribution >= 4 is 27.3 Å². The van der Waals surface area contributed by atoms with Crippen molar-refractivity contribution in [3.05, 3.63) is 20.3 Å². The fraction of sp³-hybridized carbons (Fsp3) is 0.692. The minimum Gasteiger partial charge on any atom is -0.309 e. The molecule has 1 nitrogen and oxygen atoms in total. The third kappa shape index (κ3) is 2.69. The molecular formula is C13H20BrNS. The van der Waals surface area contributed by atoms with Gasteiger partial charge in [0.05, 0.1) is 0 Å². The summed E-state index contributed by atoms with van der Waals surface area (Å²) in [5.41, 5.74) is 0. The van der Waals surface area contributed by atoms with Gasteiger partial charge in [0.15, 0.2) is 0 Å². The van der Waals surface area contributed by atoms with Gasteiger partial charge >= 0.3 is 0 Å². The van der Waals surface area contributed by atoms with Gasteiger partial charge in [-0.2, -0.15) is 0 Å². The lowest BCUT2D eigenvalue weighted by atomic mass is 9.79. The second-order valence-electron chi connectivity index (χ2n) is 4.69. The minimum absolute atomic E-state index is 0.585. The van der Waals surface area contributed by atoms with Gasteiger partial charge in [-0.05, 0) is 60.6 Å². The summed E-state index contributed by atoms with van der Waals surface area (Å²) in [6.07, 6.45) is 5.41. The van der Waals surface area contributed by atoms with Crippen LogP contribution in [-0.4, -0.2) is 6.54 Å². The first-order chi connectivity index (χ1) is 7.72. The monoisotopic (exact) mass is 301 g/mol. The van der Waals surface area contributed by atoms with Gasteiger partial charge in [0.1, 0.15) is 0 Å². The van der Waals surface area contributed by atoms with E-state index in [4.69, 9.17) is 0 Å². The zero-order valence-corrected chi connectivity index (χ0v) is 12.5. The molecule has 90 valence electrons. The van der Waals surface area contributed by atoms with Crippen molar-refractivity contribution in [3.63, 3.8) is 0 Å². The Labute approximate surface area is 111 Å². The zero-order chi connectivity index (χ0) is 11.5. The maximum absolute atomic E-state index is 3.72. The first-order valence-corrected chi connectivity index (χ1v) is 7.82. The lowest BCUT2D eigenvalue weighted by Gasteiger charge is -2.34. The second kappa shape index (κ2) is 5.65. The summed E-state index contributed by atoms with van der Waals surface area (Å²) in [4.78, 5) is 2.92. The van der Waals surface area contributed by atoms with E-state index in [1.165, 1.54) is 39.9 Å². The van der Waals surface area contributed by atoms with E-state index in [0.29, 0.717) is 6.04 Å². The van der Waals surface area contributed by atoms with E-state index < -0.39 is 0 Å². The Morgan fingerprint density at radius 1 is 1.56 bits per heavy atom. The van der Waals surface area contributed by atoms with Gasteiger partial charge < -0.3 is 5.32 Å². The number of halogens is 1. The molecule has 1 fully saturated rings. The first kappa shape index (κ1) is 12.6. The molecule has 1 aliphatic carbocycles. The highest BCUT2D eigenvalue weighted by molar-refractivity contribution is 9.10. The Hall–Kier alpha value is 0.140. The molecule has 0 radical (unpaired) electrons. The van der Waals surface area contributed by atoms with Crippen molar-refractivity contribution in [3.8, 4) is 0 Å². The highest BCUT2D eigenvalue weighted by Crippen LogP contribution is 2.43. The summed E-state index contributed by atoms with van der Waals surface area (Å²) >= 11 is 5.64. The van der Waals surface area contributed by atoms with Gasteiger partial charge in [0, 0.05) is 20.3 Å². The third-order valence-corrected chi connectivity index (χ3v) is 5.41. The summed E-state index contributed by atoms with van der Waals surface area (Å²) < 4.78 is 1.30. The van der Waals surface area contributed by atoms with Crippen LogP contribution in [0.25, 0.3) is 0 Å². The third-order valence-electron chi connectivity index (χ3n) is 3.35. The number of thiophene rings is 1. The molecule has 0 spiro atoms. The summed E-state index contributed by atoms with van der Waals surface area (Å²) in [6.45, 7) is 5.56. The van der Waals surface area contributed by atoms with Gasteiger partial charge in [0.25, 0.3) is 0 Å². The Morgan fingerprint density at radius 2 is 2.31 bits per heavy atom. The molecule has 1 aliphatic rings. The van der Waals surface area contributed by atoms with Crippen molar-refractivity contribution < 1.29 is 0 Å². The van der Waals surface area contributed by atoms with E-state index in [1.54, 1.807) is 0 Å².